The minimum atomic E-state index is -3.58. The molecule has 1 aliphatic heterocycles. The predicted molar refractivity (Wildman–Crippen MR) is 96.6 cm³/mol. The maximum Gasteiger partial charge on any atom is 0.243 e. The summed E-state index contributed by atoms with van der Waals surface area (Å²) in [5, 5.41) is 12.5. The Morgan fingerprint density at radius 3 is 2.46 bits per heavy atom. The van der Waals surface area contributed by atoms with Gasteiger partial charge in [0, 0.05) is 26.2 Å². The third kappa shape index (κ3) is 3.59. The van der Waals surface area contributed by atoms with E-state index in [4.69, 9.17) is 23.2 Å². The molecule has 0 unspecified atom stereocenters. The molecular formula is C15H18Cl2N6O2S. The van der Waals surface area contributed by atoms with Crippen LogP contribution in [0.4, 0.5) is 0 Å². The van der Waals surface area contributed by atoms with Crippen LogP contribution in [0.1, 0.15) is 24.7 Å². The Bertz CT molecular complexity index is 907. The van der Waals surface area contributed by atoms with E-state index < -0.39 is 10.0 Å². The van der Waals surface area contributed by atoms with E-state index in [1.54, 1.807) is 0 Å². The summed E-state index contributed by atoms with van der Waals surface area (Å²) in [6.07, 6.45) is 2.24. The Morgan fingerprint density at radius 1 is 1.08 bits per heavy atom. The first-order chi connectivity index (χ1) is 12.4. The second-order valence-corrected chi connectivity index (χ2v) is 9.28. The lowest BCUT2D eigenvalue weighted by Crippen LogP contribution is -2.48. The van der Waals surface area contributed by atoms with Gasteiger partial charge in [-0.3, -0.25) is 4.90 Å². The summed E-state index contributed by atoms with van der Waals surface area (Å²) in [7, 11) is -3.58. The highest BCUT2D eigenvalue weighted by molar-refractivity contribution is 7.89. The third-order valence-electron chi connectivity index (χ3n) is 4.68. The van der Waals surface area contributed by atoms with Crippen LogP contribution in [-0.2, 0) is 16.6 Å². The second-order valence-electron chi connectivity index (χ2n) is 6.53. The average Bonchev–Trinajstić information content (AvgIpc) is 3.37. The van der Waals surface area contributed by atoms with Gasteiger partial charge in [0.2, 0.25) is 10.0 Å². The van der Waals surface area contributed by atoms with Gasteiger partial charge in [-0.1, -0.05) is 23.2 Å². The highest BCUT2D eigenvalue weighted by atomic mass is 35.5. The molecule has 0 bridgehead atoms. The van der Waals surface area contributed by atoms with Crippen LogP contribution >= 0.6 is 23.2 Å². The van der Waals surface area contributed by atoms with E-state index in [-0.39, 0.29) is 9.92 Å². The van der Waals surface area contributed by atoms with Gasteiger partial charge in [0.25, 0.3) is 0 Å². The second kappa shape index (κ2) is 7.05. The van der Waals surface area contributed by atoms with Crippen LogP contribution in [0.15, 0.2) is 23.1 Å². The number of hydrogen-bond donors (Lipinski definition) is 0. The minimum absolute atomic E-state index is 0.165. The van der Waals surface area contributed by atoms with Gasteiger partial charge >= 0.3 is 0 Å². The Hall–Kier alpha value is -1.26. The summed E-state index contributed by atoms with van der Waals surface area (Å²) < 4.78 is 29.0. The van der Waals surface area contributed by atoms with Gasteiger partial charge in [-0.2, -0.15) is 4.31 Å². The van der Waals surface area contributed by atoms with Crippen molar-refractivity contribution in [1.29, 1.82) is 0 Å². The lowest BCUT2D eigenvalue weighted by Gasteiger charge is -2.33. The van der Waals surface area contributed by atoms with Crippen molar-refractivity contribution in [3.8, 4) is 0 Å². The minimum Gasteiger partial charge on any atom is -0.293 e. The van der Waals surface area contributed by atoms with Gasteiger partial charge in [0.15, 0.2) is 5.82 Å². The zero-order valence-corrected chi connectivity index (χ0v) is 16.3. The largest absolute Gasteiger partial charge is 0.293 e. The van der Waals surface area contributed by atoms with Crippen molar-refractivity contribution in [1.82, 2.24) is 29.4 Å². The van der Waals surface area contributed by atoms with Gasteiger partial charge in [-0.25, -0.2) is 13.1 Å². The number of hydrogen-bond acceptors (Lipinski definition) is 6. The first-order valence-corrected chi connectivity index (χ1v) is 10.6. The fourth-order valence-corrected chi connectivity index (χ4v) is 4.85. The third-order valence-corrected chi connectivity index (χ3v) is 7.31. The molecule has 140 valence electrons. The molecule has 1 saturated heterocycles. The van der Waals surface area contributed by atoms with Crippen molar-refractivity contribution in [3.05, 3.63) is 34.1 Å². The SMILES string of the molecule is O=S(=O)(c1ccc(Cl)c(Cl)c1)N1CCN(Cc2nnnn2C2CC2)CC1. The summed E-state index contributed by atoms with van der Waals surface area (Å²) in [5.74, 6) is 0.841. The molecular weight excluding hydrogens is 399 g/mol. The summed E-state index contributed by atoms with van der Waals surface area (Å²) in [5.41, 5.74) is 0. The fourth-order valence-electron chi connectivity index (χ4n) is 3.03. The fraction of sp³-hybridized carbons (Fsp3) is 0.533. The van der Waals surface area contributed by atoms with Crippen LogP contribution in [0.3, 0.4) is 0 Å². The quantitative estimate of drug-likeness (QED) is 0.738. The highest BCUT2D eigenvalue weighted by Gasteiger charge is 2.31. The smallest absolute Gasteiger partial charge is 0.243 e. The highest BCUT2D eigenvalue weighted by Crippen LogP contribution is 2.34. The van der Waals surface area contributed by atoms with Crippen molar-refractivity contribution in [2.24, 2.45) is 0 Å². The first-order valence-electron chi connectivity index (χ1n) is 8.39. The molecule has 2 fully saturated rings. The molecule has 8 nitrogen and oxygen atoms in total. The first kappa shape index (κ1) is 18.1. The van der Waals surface area contributed by atoms with Crippen molar-refractivity contribution < 1.29 is 8.42 Å². The van der Waals surface area contributed by atoms with E-state index in [1.165, 1.54) is 22.5 Å². The van der Waals surface area contributed by atoms with Crippen LogP contribution in [0.25, 0.3) is 0 Å². The van der Waals surface area contributed by atoms with E-state index in [2.05, 4.69) is 20.4 Å². The zero-order chi connectivity index (χ0) is 18.3. The molecule has 26 heavy (non-hydrogen) atoms. The van der Waals surface area contributed by atoms with Crippen molar-refractivity contribution >= 4 is 33.2 Å². The number of sulfonamides is 1. The monoisotopic (exact) mass is 416 g/mol. The van der Waals surface area contributed by atoms with Gasteiger partial charge in [0.1, 0.15) is 0 Å². The topological polar surface area (TPSA) is 84.2 Å². The molecule has 0 spiro atoms. The van der Waals surface area contributed by atoms with Crippen LogP contribution < -0.4 is 0 Å². The molecule has 1 aromatic carbocycles. The van der Waals surface area contributed by atoms with Gasteiger partial charge < -0.3 is 0 Å². The maximum atomic E-state index is 12.8. The number of piperazine rings is 1. The molecule has 0 N–H and O–H groups in total. The molecule has 2 aliphatic rings. The molecule has 1 aromatic heterocycles. The average molecular weight is 417 g/mol. The number of benzene rings is 1. The number of tetrazole rings is 1. The lowest BCUT2D eigenvalue weighted by molar-refractivity contribution is 0.175. The van der Waals surface area contributed by atoms with Crippen molar-refractivity contribution in [2.45, 2.75) is 30.3 Å². The number of nitrogens with zero attached hydrogens (tertiary/aromatic N) is 6. The molecule has 11 heteroatoms. The van der Waals surface area contributed by atoms with Crippen LogP contribution in [0, 0.1) is 0 Å². The number of rotatable bonds is 5. The molecule has 2 aromatic rings. The van der Waals surface area contributed by atoms with E-state index in [0.29, 0.717) is 43.8 Å². The van der Waals surface area contributed by atoms with E-state index in [9.17, 15) is 8.42 Å². The molecule has 2 heterocycles. The van der Waals surface area contributed by atoms with Crippen molar-refractivity contribution in [3.63, 3.8) is 0 Å². The van der Waals surface area contributed by atoms with Crippen LogP contribution in [-0.4, -0.2) is 64.0 Å². The predicted octanol–water partition coefficient (Wildman–Crippen LogP) is 1.82. The van der Waals surface area contributed by atoms with Crippen molar-refractivity contribution in [2.75, 3.05) is 26.2 Å². The molecule has 0 amide bonds. The summed E-state index contributed by atoms with van der Waals surface area (Å²) in [6.45, 7) is 2.70. The number of halogens is 2. The Balaban J connectivity index is 1.41. The summed E-state index contributed by atoms with van der Waals surface area (Å²) in [4.78, 5) is 2.34. The number of aromatic nitrogens is 4. The van der Waals surface area contributed by atoms with Crippen LogP contribution in [0.2, 0.25) is 10.0 Å². The van der Waals surface area contributed by atoms with Gasteiger partial charge in [0.05, 0.1) is 27.5 Å². The maximum absolute atomic E-state index is 12.8. The Labute approximate surface area is 161 Å². The molecule has 4 rings (SSSR count). The zero-order valence-electron chi connectivity index (χ0n) is 13.9. The van der Waals surface area contributed by atoms with E-state index >= 15 is 0 Å². The standard InChI is InChI=1S/C15H18Cl2N6O2S/c16-13-4-3-12(9-14(13)17)26(24,25)22-7-5-21(6-8-22)10-15-18-19-20-23(15)11-1-2-11/h3-4,9,11H,1-2,5-8,10H2. The van der Waals surface area contributed by atoms with E-state index in [1.807, 2.05) is 4.68 Å². The molecule has 1 saturated carbocycles. The molecule has 0 radical (unpaired) electrons. The van der Waals surface area contributed by atoms with Gasteiger partial charge in [-0.15, -0.1) is 5.10 Å². The Kier molecular flexibility index (Phi) is 4.91. The van der Waals surface area contributed by atoms with Gasteiger partial charge in [-0.05, 0) is 41.5 Å². The molecule has 0 atom stereocenters. The van der Waals surface area contributed by atoms with Crippen LogP contribution in [0.5, 0.6) is 0 Å². The normalized spacial score (nSPS) is 19.8. The summed E-state index contributed by atoms with van der Waals surface area (Å²) >= 11 is 11.8. The Morgan fingerprint density at radius 2 is 1.81 bits per heavy atom. The van der Waals surface area contributed by atoms with E-state index in [0.717, 1.165) is 18.7 Å². The summed E-state index contributed by atoms with van der Waals surface area (Å²) in [6, 6.07) is 4.82. The molecule has 1 aliphatic carbocycles. The lowest BCUT2D eigenvalue weighted by atomic mass is 10.3.